The number of hydrogen-bond acceptors (Lipinski definition) is 6. The van der Waals surface area contributed by atoms with Crippen LogP contribution in [0.15, 0.2) is 59.9 Å². The Bertz CT molecular complexity index is 1270. The van der Waals surface area contributed by atoms with E-state index < -0.39 is 5.60 Å². The summed E-state index contributed by atoms with van der Waals surface area (Å²) >= 11 is 0. The van der Waals surface area contributed by atoms with Gasteiger partial charge in [0.1, 0.15) is 17.4 Å². The van der Waals surface area contributed by atoms with Crippen molar-refractivity contribution in [2.45, 2.75) is 25.0 Å². The van der Waals surface area contributed by atoms with Gasteiger partial charge in [0.2, 0.25) is 0 Å². The van der Waals surface area contributed by atoms with E-state index in [4.69, 9.17) is 0 Å². The molecule has 2 N–H and O–H groups in total. The van der Waals surface area contributed by atoms with Crippen molar-refractivity contribution < 1.29 is 9.90 Å². The number of benzene rings is 1. The van der Waals surface area contributed by atoms with E-state index in [0.717, 1.165) is 5.69 Å². The summed E-state index contributed by atoms with van der Waals surface area (Å²) in [6.07, 6.45) is 5.21. The topological polar surface area (TPSA) is 122 Å². The molecule has 0 saturated carbocycles. The van der Waals surface area contributed by atoms with Crippen molar-refractivity contribution in [2.24, 2.45) is 0 Å². The number of carbonyl (C=O) groups excluding carboxylic acids is 1. The van der Waals surface area contributed by atoms with Crippen LogP contribution in [-0.4, -0.2) is 64.1 Å². The van der Waals surface area contributed by atoms with Crippen molar-refractivity contribution in [3.8, 4) is 5.69 Å². The summed E-state index contributed by atoms with van der Waals surface area (Å²) in [5.41, 5.74) is 0.358. The molecule has 0 spiro atoms. The molecule has 158 valence electrons. The summed E-state index contributed by atoms with van der Waals surface area (Å²) in [6.45, 7) is 0.896. The van der Waals surface area contributed by atoms with Crippen LogP contribution >= 0.6 is 0 Å². The van der Waals surface area contributed by atoms with Gasteiger partial charge < -0.3 is 10.0 Å². The van der Waals surface area contributed by atoms with E-state index in [1.165, 1.54) is 23.3 Å². The second-order valence-electron chi connectivity index (χ2n) is 7.79. The lowest BCUT2D eigenvalue weighted by atomic mass is 9.91. The van der Waals surface area contributed by atoms with Gasteiger partial charge in [0.15, 0.2) is 5.65 Å². The van der Waals surface area contributed by atoms with E-state index in [0.29, 0.717) is 42.7 Å². The number of fused-ring (bicyclic) bond motifs is 1. The van der Waals surface area contributed by atoms with E-state index >= 15 is 0 Å². The zero-order valence-corrected chi connectivity index (χ0v) is 16.7. The van der Waals surface area contributed by atoms with Crippen molar-refractivity contribution in [1.82, 2.24) is 34.4 Å². The van der Waals surface area contributed by atoms with Crippen molar-refractivity contribution in [1.29, 1.82) is 0 Å². The molecule has 0 radical (unpaired) electrons. The van der Waals surface area contributed by atoms with Gasteiger partial charge in [0, 0.05) is 19.3 Å². The number of aliphatic hydroxyl groups is 1. The smallest absolute Gasteiger partial charge is 0.271 e. The SMILES string of the molecule is O=C(c1ccn[nH]1)N1CCC(O)(Cn2cnc3c(cnn3-c3ccccc3)c2=O)CC1. The lowest BCUT2D eigenvalue weighted by Gasteiger charge is -2.38. The summed E-state index contributed by atoms with van der Waals surface area (Å²) in [5.74, 6) is -0.145. The average Bonchev–Trinajstić information content (AvgIpc) is 3.47. The molecule has 10 nitrogen and oxygen atoms in total. The molecule has 1 aliphatic rings. The Morgan fingerprint density at radius 3 is 2.65 bits per heavy atom. The third-order valence-corrected chi connectivity index (χ3v) is 5.73. The van der Waals surface area contributed by atoms with Crippen LogP contribution in [-0.2, 0) is 6.54 Å². The molecular weight excluding hydrogens is 398 g/mol. The number of nitrogens with one attached hydrogen (secondary N) is 1. The van der Waals surface area contributed by atoms with Gasteiger partial charge in [0.25, 0.3) is 11.5 Å². The largest absolute Gasteiger partial charge is 0.388 e. The number of hydrogen-bond donors (Lipinski definition) is 2. The number of aromatic nitrogens is 6. The van der Waals surface area contributed by atoms with Crippen molar-refractivity contribution in [2.75, 3.05) is 13.1 Å². The third-order valence-electron chi connectivity index (χ3n) is 5.73. The highest BCUT2D eigenvalue weighted by Crippen LogP contribution is 2.25. The number of piperidine rings is 1. The number of H-pyrrole nitrogens is 1. The minimum Gasteiger partial charge on any atom is -0.388 e. The zero-order valence-electron chi connectivity index (χ0n) is 16.7. The molecule has 10 heteroatoms. The summed E-state index contributed by atoms with van der Waals surface area (Å²) in [4.78, 5) is 31.6. The molecule has 0 bridgehead atoms. The van der Waals surface area contributed by atoms with E-state index in [1.54, 1.807) is 15.6 Å². The van der Waals surface area contributed by atoms with Crippen molar-refractivity contribution >= 4 is 16.9 Å². The maximum Gasteiger partial charge on any atom is 0.271 e. The Balaban J connectivity index is 1.34. The molecule has 0 aliphatic carbocycles. The first kappa shape index (κ1) is 19.2. The highest BCUT2D eigenvalue weighted by molar-refractivity contribution is 5.92. The number of nitrogens with zero attached hydrogens (tertiary/aromatic N) is 6. The number of para-hydroxylation sites is 1. The fourth-order valence-corrected chi connectivity index (χ4v) is 3.97. The first-order chi connectivity index (χ1) is 15.0. The lowest BCUT2D eigenvalue weighted by Crippen LogP contribution is -2.49. The van der Waals surface area contributed by atoms with E-state index in [-0.39, 0.29) is 18.0 Å². The van der Waals surface area contributed by atoms with Crippen LogP contribution in [0.1, 0.15) is 23.3 Å². The minimum absolute atomic E-state index is 0.109. The van der Waals surface area contributed by atoms with Crippen molar-refractivity contribution in [3.63, 3.8) is 0 Å². The van der Waals surface area contributed by atoms with E-state index in [2.05, 4.69) is 20.3 Å². The predicted molar refractivity (Wildman–Crippen MR) is 112 cm³/mol. The minimum atomic E-state index is -1.10. The van der Waals surface area contributed by atoms with E-state index in [1.807, 2.05) is 30.3 Å². The molecule has 3 aromatic heterocycles. The van der Waals surface area contributed by atoms with Gasteiger partial charge in [0.05, 0.1) is 24.0 Å². The second kappa shape index (κ2) is 7.47. The summed E-state index contributed by atoms with van der Waals surface area (Å²) in [7, 11) is 0. The number of rotatable bonds is 4. The highest BCUT2D eigenvalue weighted by atomic mass is 16.3. The molecule has 1 amide bonds. The predicted octanol–water partition coefficient (Wildman–Crippen LogP) is 0.973. The van der Waals surface area contributed by atoms with Crippen LogP contribution in [0.4, 0.5) is 0 Å². The van der Waals surface area contributed by atoms with Gasteiger partial charge in [-0.1, -0.05) is 18.2 Å². The fraction of sp³-hybridized carbons (Fsp3) is 0.286. The Labute approximate surface area is 176 Å². The van der Waals surface area contributed by atoms with Gasteiger partial charge in [-0.3, -0.25) is 19.3 Å². The van der Waals surface area contributed by atoms with Crippen molar-refractivity contribution in [3.05, 3.63) is 71.2 Å². The molecule has 0 atom stereocenters. The maximum atomic E-state index is 13.0. The summed E-state index contributed by atoms with van der Waals surface area (Å²) in [6, 6.07) is 11.1. The van der Waals surface area contributed by atoms with Gasteiger partial charge in [-0.25, -0.2) is 9.67 Å². The number of aromatic amines is 1. The van der Waals surface area contributed by atoms with Crippen LogP contribution in [0.25, 0.3) is 16.7 Å². The van der Waals surface area contributed by atoms with Gasteiger partial charge in [-0.05, 0) is 31.0 Å². The highest BCUT2D eigenvalue weighted by Gasteiger charge is 2.35. The average molecular weight is 419 g/mol. The number of carbonyl (C=O) groups is 1. The van der Waals surface area contributed by atoms with Crippen LogP contribution in [0.5, 0.6) is 0 Å². The van der Waals surface area contributed by atoms with E-state index in [9.17, 15) is 14.7 Å². The number of likely N-dealkylation sites (tertiary alicyclic amines) is 1. The molecule has 1 saturated heterocycles. The van der Waals surface area contributed by atoms with Crippen LogP contribution < -0.4 is 5.56 Å². The second-order valence-corrected chi connectivity index (χ2v) is 7.79. The van der Waals surface area contributed by atoms with Gasteiger partial charge in [-0.2, -0.15) is 10.2 Å². The summed E-state index contributed by atoms with van der Waals surface area (Å²) in [5, 5.41) is 22.2. The first-order valence-corrected chi connectivity index (χ1v) is 10.0. The van der Waals surface area contributed by atoms with Crippen LogP contribution in [0.3, 0.4) is 0 Å². The normalized spacial score (nSPS) is 16.0. The Hall–Kier alpha value is -3.79. The Morgan fingerprint density at radius 1 is 1.16 bits per heavy atom. The lowest BCUT2D eigenvalue weighted by molar-refractivity contribution is -0.0300. The van der Waals surface area contributed by atoms with Crippen LogP contribution in [0, 0.1) is 0 Å². The third kappa shape index (κ3) is 3.50. The molecule has 5 rings (SSSR count). The monoisotopic (exact) mass is 419 g/mol. The fourth-order valence-electron chi connectivity index (χ4n) is 3.97. The Morgan fingerprint density at radius 2 is 1.94 bits per heavy atom. The van der Waals surface area contributed by atoms with Gasteiger partial charge >= 0.3 is 0 Å². The molecule has 4 heterocycles. The molecule has 1 aromatic carbocycles. The molecule has 1 fully saturated rings. The number of amides is 1. The molecule has 1 aliphatic heterocycles. The maximum absolute atomic E-state index is 13.0. The quantitative estimate of drug-likeness (QED) is 0.508. The molecule has 4 aromatic rings. The van der Waals surface area contributed by atoms with Crippen LogP contribution in [0.2, 0.25) is 0 Å². The molecule has 0 unspecified atom stereocenters. The molecular formula is C21H21N7O3. The molecule has 31 heavy (non-hydrogen) atoms. The zero-order chi connectivity index (χ0) is 21.4. The standard InChI is InChI=1S/C21H21N7O3/c29-19-16-12-24-28(15-4-2-1-3-5-15)18(16)22-14-27(19)13-21(31)7-10-26(11-8-21)20(30)17-6-9-23-25-17/h1-6,9,12,14,31H,7-8,10-11,13H2,(H,23,25). The van der Waals surface area contributed by atoms with Gasteiger partial charge in [-0.15, -0.1) is 0 Å². The summed E-state index contributed by atoms with van der Waals surface area (Å²) < 4.78 is 3.04. The Kier molecular flexibility index (Phi) is 4.63. The first-order valence-electron chi connectivity index (χ1n) is 10.0.